The van der Waals surface area contributed by atoms with Crippen molar-refractivity contribution in [2.45, 2.75) is 13.8 Å². The Hall–Kier alpha value is -2.73. The van der Waals surface area contributed by atoms with Crippen LogP contribution >= 0.6 is 11.6 Å². The number of nitrogens with zero attached hydrogens (tertiary/aromatic N) is 1. The normalized spacial score (nSPS) is 15.4. The predicted octanol–water partition coefficient (Wildman–Crippen LogP) is 3.98. The number of halogens is 1. The lowest BCUT2D eigenvalue weighted by Gasteiger charge is -2.24. The molecule has 2 amide bonds. The Morgan fingerprint density at radius 2 is 2.00 bits per heavy atom. The molecule has 142 valence electrons. The van der Waals surface area contributed by atoms with E-state index in [1.807, 2.05) is 13.8 Å². The number of carbonyl (C=O) groups excluding carboxylic acids is 2. The van der Waals surface area contributed by atoms with Crippen LogP contribution in [0.25, 0.3) is 0 Å². The smallest absolute Gasteiger partial charge is 0.259 e. The van der Waals surface area contributed by atoms with E-state index in [1.54, 1.807) is 48.3 Å². The molecular weight excluding hydrogens is 368 g/mol. The summed E-state index contributed by atoms with van der Waals surface area (Å²) in [6.07, 6.45) is 0. The second-order valence-electron chi connectivity index (χ2n) is 7.02. The number of amides is 2. The molecule has 0 unspecified atom stereocenters. The molecule has 0 aliphatic carbocycles. The predicted molar refractivity (Wildman–Crippen MR) is 105 cm³/mol. The Morgan fingerprint density at radius 1 is 1.26 bits per heavy atom. The fourth-order valence-electron chi connectivity index (χ4n) is 2.92. The molecule has 0 radical (unpaired) electrons. The SMILES string of the molecule is COc1ccc(Cl)cc1C(=O)Nc1ccc2c(c1)OCC(C)(C)C(=O)N2C. The first-order valence-electron chi connectivity index (χ1n) is 8.43. The van der Waals surface area contributed by atoms with Gasteiger partial charge in [-0.2, -0.15) is 0 Å². The zero-order valence-electron chi connectivity index (χ0n) is 15.6. The van der Waals surface area contributed by atoms with Crippen molar-refractivity contribution in [3.8, 4) is 11.5 Å². The van der Waals surface area contributed by atoms with Crippen molar-refractivity contribution >= 4 is 34.8 Å². The van der Waals surface area contributed by atoms with Crippen LogP contribution in [0, 0.1) is 5.41 Å². The highest BCUT2D eigenvalue weighted by molar-refractivity contribution is 6.31. The minimum atomic E-state index is -0.634. The van der Waals surface area contributed by atoms with Crippen molar-refractivity contribution in [2.75, 3.05) is 31.0 Å². The van der Waals surface area contributed by atoms with Crippen LogP contribution in [0.2, 0.25) is 5.02 Å². The molecule has 7 heteroatoms. The summed E-state index contributed by atoms with van der Waals surface area (Å²) in [6, 6.07) is 10.0. The fourth-order valence-corrected chi connectivity index (χ4v) is 3.10. The third kappa shape index (κ3) is 3.71. The number of hydrogen-bond donors (Lipinski definition) is 1. The molecule has 27 heavy (non-hydrogen) atoms. The number of carbonyl (C=O) groups is 2. The highest BCUT2D eigenvalue weighted by atomic mass is 35.5. The van der Waals surface area contributed by atoms with E-state index in [0.717, 1.165) is 0 Å². The topological polar surface area (TPSA) is 67.9 Å². The molecule has 1 aliphatic heterocycles. The number of ether oxygens (including phenoxy) is 2. The van der Waals surface area contributed by atoms with E-state index >= 15 is 0 Å². The molecule has 0 saturated carbocycles. The summed E-state index contributed by atoms with van der Waals surface area (Å²) in [5.74, 6) is 0.580. The lowest BCUT2D eigenvalue weighted by Crippen LogP contribution is -2.39. The summed E-state index contributed by atoms with van der Waals surface area (Å²) in [7, 11) is 3.21. The van der Waals surface area contributed by atoms with Gasteiger partial charge in [0, 0.05) is 23.8 Å². The molecule has 2 aromatic carbocycles. The lowest BCUT2D eigenvalue weighted by atomic mass is 9.93. The quantitative estimate of drug-likeness (QED) is 0.863. The van der Waals surface area contributed by atoms with Crippen molar-refractivity contribution in [1.29, 1.82) is 0 Å². The third-order valence-corrected chi connectivity index (χ3v) is 4.69. The van der Waals surface area contributed by atoms with Gasteiger partial charge in [-0.15, -0.1) is 0 Å². The summed E-state index contributed by atoms with van der Waals surface area (Å²) in [6.45, 7) is 3.93. The van der Waals surface area contributed by atoms with Crippen LogP contribution in [0.4, 0.5) is 11.4 Å². The van der Waals surface area contributed by atoms with Gasteiger partial charge in [-0.05, 0) is 44.2 Å². The van der Waals surface area contributed by atoms with Crippen molar-refractivity contribution in [3.63, 3.8) is 0 Å². The van der Waals surface area contributed by atoms with Crippen LogP contribution in [-0.2, 0) is 4.79 Å². The second-order valence-corrected chi connectivity index (χ2v) is 7.45. The number of benzene rings is 2. The van der Waals surface area contributed by atoms with Gasteiger partial charge in [-0.1, -0.05) is 11.6 Å². The number of hydrogen-bond acceptors (Lipinski definition) is 4. The van der Waals surface area contributed by atoms with Crippen LogP contribution < -0.4 is 19.7 Å². The van der Waals surface area contributed by atoms with E-state index in [9.17, 15) is 9.59 Å². The number of rotatable bonds is 3. The molecule has 0 bridgehead atoms. The first-order chi connectivity index (χ1) is 12.7. The molecule has 1 aliphatic rings. The fraction of sp³-hybridized carbons (Fsp3) is 0.300. The van der Waals surface area contributed by atoms with Gasteiger partial charge in [0.1, 0.15) is 18.1 Å². The molecule has 3 rings (SSSR count). The Morgan fingerprint density at radius 3 is 2.70 bits per heavy atom. The molecule has 0 aromatic heterocycles. The third-order valence-electron chi connectivity index (χ3n) is 4.46. The van der Waals surface area contributed by atoms with Crippen LogP contribution in [0.1, 0.15) is 24.2 Å². The highest BCUT2D eigenvalue weighted by Gasteiger charge is 2.36. The lowest BCUT2D eigenvalue weighted by molar-refractivity contribution is -0.127. The first-order valence-corrected chi connectivity index (χ1v) is 8.80. The van der Waals surface area contributed by atoms with Crippen LogP contribution in [0.15, 0.2) is 36.4 Å². The molecule has 0 saturated heterocycles. The van der Waals surface area contributed by atoms with E-state index < -0.39 is 5.41 Å². The molecule has 1 N–H and O–H groups in total. The maximum absolute atomic E-state index is 12.6. The van der Waals surface area contributed by atoms with E-state index in [-0.39, 0.29) is 18.4 Å². The monoisotopic (exact) mass is 388 g/mol. The Kier molecular flexibility index (Phi) is 5.02. The molecule has 0 atom stereocenters. The van der Waals surface area contributed by atoms with Crippen molar-refractivity contribution < 1.29 is 19.1 Å². The van der Waals surface area contributed by atoms with Gasteiger partial charge in [0.25, 0.3) is 5.91 Å². The maximum Gasteiger partial charge on any atom is 0.259 e. The standard InChI is InChI=1S/C20H21ClN2O4/c1-20(2)11-27-17-10-13(6-7-15(17)23(3)19(20)25)22-18(24)14-9-12(21)5-8-16(14)26-4/h5-10H,11H2,1-4H3,(H,22,24). The molecule has 6 nitrogen and oxygen atoms in total. The summed E-state index contributed by atoms with van der Waals surface area (Å²) in [5.41, 5.74) is 0.894. The van der Waals surface area contributed by atoms with Crippen molar-refractivity contribution in [1.82, 2.24) is 0 Å². The Balaban J connectivity index is 1.89. The highest BCUT2D eigenvalue weighted by Crippen LogP contribution is 2.37. The van der Waals surface area contributed by atoms with Gasteiger partial charge in [0.2, 0.25) is 5.91 Å². The van der Waals surface area contributed by atoms with Gasteiger partial charge < -0.3 is 19.7 Å². The zero-order valence-corrected chi connectivity index (χ0v) is 16.4. The molecule has 1 heterocycles. The molecule has 2 aromatic rings. The van der Waals surface area contributed by atoms with Gasteiger partial charge >= 0.3 is 0 Å². The Bertz CT molecular complexity index is 911. The van der Waals surface area contributed by atoms with Crippen LogP contribution in [0.5, 0.6) is 11.5 Å². The number of nitrogens with one attached hydrogen (secondary N) is 1. The maximum atomic E-state index is 12.6. The molecular formula is C20H21ClN2O4. The Labute approximate surface area is 163 Å². The second kappa shape index (κ2) is 7.12. The van der Waals surface area contributed by atoms with Crippen LogP contribution in [0.3, 0.4) is 0 Å². The van der Waals surface area contributed by atoms with E-state index in [2.05, 4.69) is 5.32 Å². The minimum Gasteiger partial charge on any atom is -0.496 e. The molecule has 0 spiro atoms. The zero-order chi connectivity index (χ0) is 19.8. The average molecular weight is 389 g/mol. The van der Waals surface area contributed by atoms with E-state index in [0.29, 0.717) is 33.5 Å². The average Bonchev–Trinajstić information content (AvgIpc) is 2.72. The number of methoxy groups -OCH3 is 1. The van der Waals surface area contributed by atoms with Crippen molar-refractivity contribution in [3.05, 3.63) is 47.0 Å². The number of anilines is 2. The minimum absolute atomic E-state index is 0.0262. The van der Waals surface area contributed by atoms with E-state index in [1.165, 1.54) is 7.11 Å². The summed E-state index contributed by atoms with van der Waals surface area (Å²) < 4.78 is 11.1. The summed E-state index contributed by atoms with van der Waals surface area (Å²) in [4.78, 5) is 26.8. The molecule has 0 fully saturated rings. The number of fused-ring (bicyclic) bond motifs is 1. The van der Waals surface area contributed by atoms with E-state index in [4.69, 9.17) is 21.1 Å². The van der Waals surface area contributed by atoms with Gasteiger partial charge in [-0.25, -0.2) is 0 Å². The van der Waals surface area contributed by atoms with Gasteiger partial charge in [-0.3, -0.25) is 9.59 Å². The van der Waals surface area contributed by atoms with Gasteiger partial charge in [0.15, 0.2) is 0 Å². The first kappa shape index (κ1) is 19.0. The van der Waals surface area contributed by atoms with Crippen LogP contribution in [-0.4, -0.2) is 32.6 Å². The van der Waals surface area contributed by atoms with Crippen molar-refractivity contribution in [2.24, 2.45) is 5.41 Å². The summed E-state index contributed by atoms with van der Waals surface area (Å²) in [5, 5.41) is 3.25. The van der Waals surface area contributed by atoms with Gasteiger partial charge in [0.05, 0.1) is 23.8 Å². The largest absolute Gasteiger partial charge is 0.496 e. The summed E-state index contributed by atoms with van der Waals surface area (Å²) >= 11 is 6.00.